The lowest BCUT2D eigenvalue weighted by atomic mass is 10.00. The molecule has 2 aromatic heterocycles. The van der Waals surface area contributed by atoms with Gasteiger partial charge in [-0.1, -0.05) is 30.3 Å². The van der Waals surface area contributed by atoms with Gasteiger partial charge in [0.1, 0.15) is 12.2 Å². The van der Waals surface area contributed by atoms with E-state index in [0.717, 1.165) is 28.4 Å². The van der Waals surface area contributed by atoms with E-state index >= 15 is 4.39 Å². The number of benzene rings is 3. The van der Waals surface area contributed by atoms with E-state index in [1.807, 2.05) is 35.6 Å². The van der Waals surface area contributed by atoms with E-state index in [4.69, 9.17) is 0 Å². The van der Waals surface area contributed by atoms with Gasteiger partial charge < -0.3 is 20.1 Å². The van der Waals surface area contributed by atoms with E-state index in [9.17, 15) is 37.1 Å². The van der Waals surface area contributed by atoms with Gasteiger partial charge in [-0.05, 0) is 60.9 Å². The fourth-order valence-electron chi connectivity index (χ4n) is 6.41. The average Bonchev–Trinajstić information content (AvgIpc) is 3.62. The number of para-hydroxylation sites is 1. The molecule has 0 aliphatic carbocycles. The number of carbonyl (C=O) groups is 5. The number of aromatic nitrogens is 2. The fourth-order valence-corrected chi connectivity index (χ4v) is 6.41. The highest BCUT2D eigenvalue weighted by atomic mass is 19.4. The molecule has 1 atom stereocenters. The molecule has 6 rings (SSSR count). The molecule has 11 nitrogen and oxygen atoms in total. The van der Waals surface area contributed by atoms with Crippen molar-refractivity contribution in [3.05, 3.63) is 107 Å². The zero-order chi connectivity index (χ0) is 37.2. The summed E-state index contributed by atoms with van der Waals surface area (Å²) in [5.41, 5.74) is -0.128. The Morgan fingerprint density at radius 3 is 2.52 bits per heavy atom. The summed E-state index contributed by atoms with van der Waals surface area (Å²) in [5, 5.41) is 8.77. The lowest BCUT2D eigenvalue weighted by Gasteiger charge is -2.23. The minimum Gasteiger partial charge on any atom is -0.350 e. The summed E-state index contributed by atoms with van der Waals surface area (Å²) in [6.07, 6.45) is -3.54. The van der Waals surface area contributed by atoms with Crippen molar-refractivity contribution in [2.45, 2.75) is 58.0 Å². The number of nitrogens with one attached hydrogen (secondary N) is 3. The number of hydrogen-bond acceptors (Lipinski definition) is 6. The van der Waals surface area contributed by atoms with Crippen molar-refractivity contribution in [2.24, 2.45) is 0 Å². The van der Waals surface area contributed by atoms with E-state index in [-0.39, 0.29) is 66.8 Å². The summed E-state index contributed by atoms with van der Waals surface area (Å²) in [4.78, 5) is 66.7. The number of alkyl halides is 3. The molecule has 0 radical (unpaired) electrons. The molecular weight excluding hydrogens is 684 g/mol. The Morgan fingerprint density at radius 2 is 1.75 bits per heavy atom. The van der Waals surface area contributed by atoms with Crippen molar-refractivity contribution >= 4 is 57.7 Å². The Labute approximate surface area is 294 Å². The molecule has 15 heteroatoms. The van der Waals surface area contributed by atoms with Crippen LogP contribution in [-0.4, -0.2) is 50.5 Å². The number of rotatable bonds is 12. The van der Waals surface area contributed by atoms with E-state index in [2.05, 4.69) is 15.6 Å². The second-order valence-corrected chi connectivity index (χ2v) is 12.4. The molecule has 0 bridgehead atoms. The fraction of sp³-hybridized carbons (Fsp3) is 0.243. The van der Waals surface area contributed by atoms with Crippen molar-refractivity contribution < 1.29 is 41.5 Å². The van der Waals surface area contributed by atoms with Gasteiger partial charge >= 0.3 is 6.18 Å². The highest BCUT2D eigenvalue weighted by Crippen LogP contribution is 2.35. The Balaban J connectivity index is 1.11. The average molecular weight is 717 g/mol. The minimum absolute atomic E-state index is 0.00351. The number of carbonyl (C=O) groups excluding carboxylic acids is 5. The number of halogens is 4. The van der Waals surface area contributed by atoms with Crippen molar-refractivity contribution in [3.8, 4) is 0 Å². The van der Waals surface area contributed by atoms with Crippen LogP contribution in [0.2, 0.25) is 0 Å². The van der Waals surface area contributed by atoms with Crippen molar-refractivity contribution in [1.29, 1.82) is 0 Å². The van der Waals surface area contributed by atoms with Gasteiger partial charge in [0.2, 0.25) is 24.1 Å². The van der Waals surface area contributed by atoms with Crippen LogP contribution in [-0.2, 0) is 51.4 Å². The Hall–Kier alpha value is -6.12. The maximum Gasteiger partial charge on any atom is 0.416 e. The first kappa shape index (κ1) is 35.7. The first-order valence-electron chi connectivity index (χ1n) is 16.3. The molecule has 0 saturated carbocycles. The van der Waals surface area contributed by atoms with E-state index in [0.29, 0.717) is 5.65 Å². The van der Waals surface area contributed by atoms with Crippen molar-refractivity contribution in [2.75, 3.05) is 5.32 Å². The number of anilines is 1. The smallest absolute Gasteiger partial charge is 0.350 e. The van der Waals surface area contributed by atoms with Gasteiger partial charge in [0.15, 0.2) is 5.82 Å². The molecule has 52 heavy (non-hydrogen) atoms. The number of amides is 5. The Morgan fingerprint density at radius 1 is 0.981 bits per heavy atom. The quantitative estimate of drug-likeness (QED) is 0.119. The third-order valence-electron chi connectivity index (χ3n) is 9.03. The van der Waals surface area contributed by atoms with Crippen LogP contribution < -0.4 is 16.0 Å². The first-order chi connectivity index (χ1) is 24.8. The maximum absolute atomic E-state index is 15.5. The van der Waals surface area contributed by atoms with Gasteiger partial charge in [-0.3, -0.25) is 29.3 Å². The highest BCUT2D eigenvalue weighted by Gasteiger charge is 2.36. The lowest BCUT2D eigenvalue weighted by molar-refractivity contribution is -0.138. The van der Waals surface area contributed by atoms with Gasteiger partial charge in [0, 0.05) is 47.1 Å². The lowest BCUT2D eigenvalue weighted by Crippen LogP contribution is -2.34. The van der Waals surface area contributed by atoms with Gasteiger partial charge in [-0.15, -0.1) is 0 Å². The summed E-state index contributed by atoms with van der Waals surface area (Å²) in [5.74, 6) is -3.26. The molecule has 0 saturated heterocycles. The topological polar surface area (TPSA) is 143 Å². The molecule has 3 N–H and O–H groups in total. The largest absolute Gasteiger partial charge is 0.416 e. The molecule has 0 spiro atoms. The molecule has 5 aromatic rings. The molecular formula is C37H32F4N6O5. The van der Waals surface area contributed by atoms with E-state index in [1.54, 1.807) is 23.8 Å². The van der Waals surface area contributed by atoms with Crippen LogP contribution in [0.25, 0.3) is 21.9 Å². The normalized spacial score (nSPS) is 13.2. The molecule has 3 aromatic carbocycles. The molecule has 1 unspecified atom stereocenters. The monoisotopic (exact) mass is 716 g/mol. The van der Waals surface area contributed by atoms with Crippen LogP contribution >= 0.6 is 0 Å². The molecule has 5 amide bonds. The SMILES string of the molecule is CC(CCC(=O)NC=O)N1Cc2c(ccc(NC(=O)Cc3ccc(CNC(=O)Cn4c5ccccc5c5cccnc54)cc3C(F)(F)F)c2F)C1=O. The van der Waals surface area contributed by atoms with Crippen LogP contribution in [0.4, 0.5) is 23.2 Å². The van der Waals surface area contributed by atoms with E-state index < -0.39 is 53.6 Å². The minimum atomic E-state index is -4.84. The van der Waals surface area contributed by atoms with Crippen LogP contribution in [0.5, 0.6) is 0 Å². The number of imide groups is 1. The predicted octanol–water partition coefficient (Wildman–Crippen LogP) is 5.24. The number of nitrogens with zero attached hydrogens (tertiary/aromatic N) is 3. The predicted molar refractivity (Wildman–Crippen MR) is 182 cm³/mol. The standard InChI is InChI=1S/C37H32F4N6O5/c1-21(8-13-31(49)44-20-48)46-18-27-26(36(46)52)11-12-29(34(27)38)45-32(50)16-23-10-9-22(15-28(23)37(39,40)41)17-43-33(51)19-47-30-7-3-2-5-24(30)25-6-4-14-42-35(25)47/h2-7,9-12,14-15,20-21H,8,13,16-19H2,1H3,(H,43,51)(H,45,50)(H,44,48,49). The van der Waals surface area contributed by atoms with Crippen LogP contribution in [0, 0.1) is 5.82 Å². The van der Waals surface area contributed by atoms with Crippen LogP contribution in [0.1, 0.15) is 52.4 Å². The third-order valence-corrected chi connectivity index (χ3v) is 9.03. The van der Waals surface area contributed by atoms with Gasteiger partial charge in [0.25, 0.3) is 5.91 Å². The molecule has 3 heterocycles. The third kappa shape index (κ3) is 7.33. The van der Waals surface area contributed by atoms with Gasteiger partial charge in [-0.25, -0.2) is 9.37 Å². The van der Waals surface area contributed by atoms with Gasteiger partial charge in [0.05, 0.1) is 29.7 Å². The molecule has 268 valence electrons. The van der Waals surface area contributed by atoms with Gasteiger partial charge in [-0.2, -0.15) is 13.2 Å². The molecule has 1 aliphatic rings. The zero-order valence-electron chi connectivity index (χ0n) is 27.7. The zero-order valence-corrected chi connectivity index (χ0v) is 27.7. The summed E-state index contributed by atoms with van der Waals surface area (Å²) in [6, 6.07) is 16.6. The number of hydrogen-bond donors (Lipinski definition) is 3. The Bertz CT molecular complexity index is 2180. The second-order valence-electron chi connectivity index (χ2n) is 12.4. The summed E-state index contributed by atoms with van der Waals surface area (Å²) in [6.45, 7) is 1.20. The van der Waals surface area contributed by atoms with Crippen molar-refractivity contribution in [3.63, 3.8) is 0 Å². The summed E-state index contributed by atoms with van der Waals surface area (Å²) in [7, 11) is 0. The second kappa shape index (κ2) is 14.6. The van der Waals surface area contributed by atoms with Crippen LogP contribution in [0.3, 0.4) is 0 Å². The van der Waals surface area contributed by atoms with E-state index in [1.165, 1.54) is 23.1 Å². The summed E-state index contributed by atoms with van der Waals surface area (Å²) < 4.78 is 59.8. The number of pyridine rings is 1. The first-order valence-corrected chi connectivity index (χ1v) is 16.3. The number of fused-ring (bicyclic) bond motifs is 4. The molecule has 1 aliphatic heterocycles. The Kier molecular flexibility index (Phi) is 10.0. The highest BCUT2D eigenvalue weighted by molar-refractivity contribution is 6.07. The molecule has 0 fully saturated rings. The maximum atomic E-state index is 15.5. The van der Waals surface area contributed by atoms with Crippen molar-refractivity contribution in [1.82, 2.24) is 25.1 Å². The van der Waals surface area contributed by atoms with Crippen LogP contribution in [0.15, 0.2) is 72.9 Å². The summed E-state index contributed by atoms with van der Waals surface area (Å²) >= 11 is 0.